The SMILES string of the molecule is CC1CCN(C(CNC(=O)C(C)C(N)c2ccccc2)C(C)C)CC1.Cl.Cl. The van der Waals surface area contributed by atoms with Crippen molar-refractivity contribution in [2.75, 3.05) is 19.6 Å². The maximum atomic E-state index is 12.6. The Labute approximate surface area is 177 Å². The van der Waals surface area contributed by atoms with Gasteiger partial charge in [0.15, 0.2) is 0 Å². The van der Waals surface area contributed by atoms with Crippen LogP contribution in [-0.4, -0.2) is 36.5 Å². The maximum absolute atomic E-state index is 12.6. The van der Waals surface area contributed by atoms with Crippen LogP contribution in [0.25, 0.3) is 0 Å². The van der Waals surface area contributed by atoms with Crippen molar-refractivity contribution >= 4 is 30.7 Å². The first-order valence-electron chi connectivity index (χ1n) is 9.72. The van der Waals surface area contributed by atoms with E-state index in [1.807, 2.05) is 37.3 Å². The highest BCUT2D eigenvalue weighted by atomic mass is 35.5. The van der Waals surface area contributed by atoms with Gasteiger partial charge in [0, 0.05) is 18.6 Å². The monoisotopic (exact) mass is 417 g/mol. The Morgan fingerprint density at radius 1 is 1.15 bits per heavy atom. The molecule has 1 aromatic rings. The molecule has 4 nitrogen and oxygen atoms in total. The molecule has 1 heterocycles. The smallest absolute Gasteiger partial charge is 0.224 e. The average Bonchev–Trinajstić information content (AvgIpc) is 2.62. The molecule has 1 aliphatic rings. The van der Waals surface area contributed by atoms with Gasteiger partial charge in [-0.2, -0.15) is 0 Å². The number of hydrogen-bond acceptors (Lipinski definition) is 3. The highest BCUT2D eigenvalue weighted by Gasteiger charge is 2.27. The summed E-state index contributed by atoms with van der Waals surface area (Å²) in [7, 11) is 0. The van der Waals surface area contributed by atoms with Crippen molar-refractivity contribution in [3.05, 3.63) is 35.9 Å². The molecule has 1 aromatic carbocycles. The van der Waals surface area contributed by atoms with Crippen molar-refractivity contribution in [1.82, 2.24) is 10.2 Å². The van der Waals surface area contributed by atoms with Crippen LogP contribution in [0.1, 0.15) is 52.1 Å². The van der Waals surface area contributed by atoms with Gasteiger partial charge in [0.1, 0.15) is 0 Å². The van der Waals surface area contributed by atoms with Gasteiger partial charge in [0.25, 0.3) is 0 Å². The van der Waals surface area contributed by atoms with E-state index in [9.17, 15) is 4.79 Å². The second-order valence-corrected chi connectivity index (χ2v) is 8.00. The molecule has 1 aliphatic heterocycles. The summed E-state index contributed by atoms with van der Waals surface area (Å²) in [6, 6.07) is 10.00. The molecule has 0 aromatic heterocycles. The highest BCUT2D eigenvalue weighted by Crippen LogP contribution is 2.22. The number of nitrogens with zero attached hydrogens (tertiary/aromatic N) is 1. The molecule has 3 N–H and O–H groups in total. The maximum Gasteiger partial charge on any atom is 0.224 e. The Morgan fingerprint density at radius 2 is 1.70 bits per heavy atom. The number of rotatable bonds is 7. The van der Waals surface area contributed by atoms with E-state index in [1.54, 1.807) is 0 Å². The summed E-state index contributed by atoms with van der Waals surface area (Å²) < 4.78 is 0. The molecule has 0 saturated carbocycles. The minimum absolute atomic E-state index is 0. The molecule has 156 valence electrons. The van der Waals surface area contributed by atoms with Crippen LogP contribution in [0.3, 0.4) is 0 Å². The first kappa shape index (κ1) is 26.2. The van der Waals surface area contributed by atoms with Crippen LogP contribution in [0, 0.1) is 17.8 Å². The molecule has 0 radical (unpaired) electrons. The summed E-state index contributed by atoms with van der Waals surface area (Å²) in [6.07, 6.45) is 2.51. The average molecular weight is 418 g/mol. The zero-order chi connectivity index (χ0) is 18.4. The minimum atomic E-state index is -0.269. The third-order valence-corrected chi connectivity index (χ3v) is 5.68. The Bertz CT molecular complexity index is 533. The van der Waals surface area contributed by atoms with Gasteiger partial charge < -0.3 is 11.1 Å². The van der Waals surface area contributed by atoms with E-state index in [4.69, 9.17) is 5.73 Å². The fraction of sp³-hybridized carbons (Fsp3) is 0.667. The zero-order valence-corrected chi connectivity index (χ0v) is 18.7. The van der Waals surface area contributed by atoms with Gasteiger partial charge in [-0.25, -0.2) is 0 Å². The molecular formula is C21H37Cl2N3O. The minimum Gasteiger partial charge on any atom is -0.354 e. The molecule has 1 saturated heterocycles. The third kappa shape index (κ3) is 7.61. The van der Waals surface area contributed by atoms with Crippen molar-refractivity contribution in [3.63, 3.8) is 0 Å². The quantitative estimate of drug-likeness (QED) is 0.703. The first-order valence-corrected chi connectivity index (χ1v) is 9.72. The molecule has 27 heavy (non-hydrogen) atoms. The van der Waals surface area contributed by atoms with Crippen LogP contribution in [0.5, 0.6) is 0 Å². The normalized spacial score (nSPS) is 18.7. The summed E-state index contributed by atoms with van der Waals surface area (Å²) in [6.45, 7) is 11.7. The van der Waals surface area contributed by atoms with E-state index in [1.165, 1.54) is 12.8 Å². The summed E-state index contributed by atoms with van der Waals surface area (Å²) in [4.78, 5) is 15.2. The Balaban J connectivity index is 0.00000338. The summed E-state index contributed by atoms with van der Waals surface area (Å²) >= 11 is 0. The van der Waals surface area contributed by atoms with Crippen molar-refractivity contribution in [3.8, 4) is 0 Å². The lowest BCUT2D eigenvalue weighted by Gasteiger charge is -2.39. The number of carbonyl (C=O) groups is 1. The molecule has 6 heteroatoms. The number of piperidine rings is 1. The number of hydrogen-bond donors (Lipinski definition) is 2. The second-order valence-electron chi connectivity index (χ2n) is 8.00. The van der Waals surface area contributed by atoms with Gasteiger partial charge in [-0.15, -0.1) is 24.8 Å². The number of carbonyl (C=O) groups excluding carboxylic acids is 1. The van der Waals surface area contributed by atoms with Crippen molar-refractivity contribution < 1.29 is 4.79 Å². The van der Waals surface area contributed by atoms with E-state index in [0.717, 1.165) is 24.6 Å². The molecule has 0 aliphatic carbocycles. The number of nitrogens with one attached hydrogen (secondary N) is 1. The lowest BCUT2D eigenvalue weighted by molar-refractivity contribution is -0.125. The van der Waals surface area contributed by atoms with E-state index < -0.39 is 0 Å². The topological polar surface area (TPSA) is 58.4 Å². The Morgan fingerprint density at radius 3 is 2.22 bits per heavy atom. The van der Waals surface area contributed by atoms with Crippen LogP contribution >= 0.6 is 24.8 Å². The largest absolute Gasteiger partial charge is 0.354 e. The molecule has 2 rings (SSSR count). The fourth-order valence-electron chi connectivity index (χ4n) is 3.64. The molecule has 0 bridgehead atoms. The number of benzene rings is 1. The molecule has 3 unspecified atom stereocenters. The van der Waals surface area contributed by atoms with Gasteiger partial charge in [-0.1, -0.05) is 58.0 Å². The predicted octanol–water partition coefficient (Wildman–Crippen LogP) is 4.04. The number of nitrogens with two attached hydrogens (primary N) is 1. The van der Waals surface area contributed by atoms with Gasteiger partial charge in [-0.3, -0.25) is 9.69 Å². The van der Waals surface area contributed by atoms with E-state index >= 15 is 0 Å². The van der Waals surface area contributed by atoms with Crippen molar-refractivity contribution in [1.29, 1.82) is 0 Å². The van der Waals surface area contributed by atoms with Crippen LogP contribution in [0.4, 0.5) is 0 Å². The van der Waals surface area contributed by atoms with E-state index in [-0.39, 0.29) is 42.7 Å². The van der Waals surface area contributed by atoms with Crippen molar-refractivity contribution in [2.24, 2.45) is 23.5 Å². The van der Waals surface area contributed by atoms with Gasteiger partial charge in [0.2, 0.25) is 5.91 Å². The molecule has 0 spiro atoms. The molecule has 1 fully saturated rings. The molecule has 1 amide bonds. The Hall–Kier alpha value is -0.810. The third-order valence-electron chi connectivity index (χ3n) is 5.68. The summed E-state index contributed by atoms with van der Waals surface area (Å²) in [5.41, 5.74) is 7.30. The first-order chi connectivity index (χ1) is 11.9. The van der Waals surface area contributed by atoms with Crippen molar-refractivity contribution in [2.45, 2.75) is 52.6 Å². The lowest BCUT2D eigenvalue weighted by atomic mass is 9.93. The fourth-order valence-corrected chi connectivity index (χ4v) is 3.64. The standard InChI is InChI=1S/C21H35N3O.2ClH/c1-15(2)19(24-12-10-16(3)11-13-24)14-23-21(25)17(4)20(22)18-8-6-5-7-9-18;;/h5-9,15-17,19-20H,10-14,22H2,1-4H3,(H,23,25);2*1H. The number of halogens is 2. The number of likely N-dealkylation sites (tertiary alicyclic amines) is 1. The summed E-state index contributed by atoms with van der Waals surface area (Å²) in [5, 5.41) is 3.16. The van der Waals surface area contributed by atoms with Crippen LogP contribution in [0.2, 0.25) is 0 Å². The highest BCUT2D eigenvalue weighted by molar-refractivity contribution is 5.85. The van der Waals surface area contributed by atoms with E-state index in [0.29, 0.717) is 18.5 Å². The zero-order valence-electron chi connectivity index (χ0n) is 17.1. The van der Waals surface area contributed by atoms with E-state index in [2.05, 4.69) is 31.0 Å². The van der Waals surface area contributed by atoms with Crippen LogP contribution in [0.15, 0.2) is 30.3 Å². The van der Waals surface area contributed by atoms with Crippen LogP contribution in [-0.2, 0) is 4.79 Å². The van der Waals surface area contributed by atoms with Crippen LogP contribution < -0.4 is 11.1 Å². The van der Waals surface area contributed by atoms with Gasteiger partial charge in [0.05, 0.1) is 5.92 Å². The predicted molar refractivity (Wildman–Crippen MR) is 119 cm³/mol. The number of amides is 1. The summed E-state index contributed by atoms with van der Waals surface area (Å²) in [5.74, 6) is 1.15. The van der Waals surface area contributed by atoms with Gasteiger partial charge in [-0.05, 0) is 43.3 Å². The lowest BCUT2D eigenvalue weighted by Crippen LogP contribution is -2.50. The Kier molecular flexibility index (Phi) is 12.2. The molecular weight excluding hydrogens is 381 g/mol. The second kappa shape index (κ2) is 12.6. The van der Waals surface area contributed by atoms with Gasteiger partial charge >= 0.3 is 0 Å². The molecule has 3 atom stereocenters.